The average Bonchev–Trinajstić information content (AvgIpc) is 0.931. The number of unbranched alkanes of at least 4 members (excludes halogenated alkanes) is 18. The van der Waals surface area contributed by atoms with Crippen LogP contribution in [0.1, 0.15) is 271 Å². The fourth-order valence-electron chi connectivity index (χ4n) is 11.5. The van der Waals surface area contributed by atoms with Crippen molar-refractivity contribution in [1.29, 1.82) is 0 Å². The summed E-state index contributed by atoms with van der Waals surface area (Å²) in [5, 5.41) is 37.3. The highest BCUT2D eigenvalue weighted by molar-refractivity contribution is 5.88. The van der Waals surface area contributed by atoms with Crippen LogP contribution in [-0.4, -0.2) is 275 Å². The molecule has 680 valence electrons. The van der Waals surface area contributed by atoms with E-state index in [9.17, 15) is 86.3 Å². The van der Waals surface area contributed by atoms with Crippen LogP contribution in [0.2, 0.25) is 0 Å². The standard InChI is InChI=1S/C32H59N5O6.C28H52N6O6.C22H40N6O6.CH4/c1-4-27(38)18-12-6-5-7-13-19-28(39)24-37(25-31(42)35-22-16-10-8-14-20-29(40)33-2)26-32(43)36-23-17-11-9-15-21-30(41)34-3;1-29-24(36)15-9-5-4-8-14-23(35)20-34(21-27(39)32-18-12-6-10-16-25(37)30-2)22-28(40)33-19-13-7-11-17-26(38)31-3;1-23-18(30)9-5-4-8-17(29)14-28(15-21(33)26-12-6-10-19(31)24-2)16-22(34)27-13-7-11-20(32)25-3;/h4-26H2,1-3H3,(H,33,40)(H,34,41)(H,35,42)(H,36,43);4-22H2,1-3H3,(H,29,36)(H,30,37)(H,31,38)(H,32,39)(H,33,40);4-16H2,1-3H3,(H,23,30)(H,24,31)(H,25,32)(H,26,33)(H,27,34);1H4. The Hall–Kier alpha value is -8.86. The summed E-state index contributed by atoms with van der Waals surface area (Å²) in [6.45, 7) is 3.96. The molecular weight excluding hydrogens is 1520 g/mol. The van der Waals surface area contributed by atoms with E-state index in [2.05, 4.69) is 74.4 Å². The van der Waals surface area contributed by atoms with E-state index >= 15 is 0 Å². The molecule has 0 saturated carbocycles. The minimum atomic E-state index is -0.350. The predicted molar refractivity (Wildman–Crippen MR) is 457 cm³/mol. The van der Waals surface area contributed by atoms with Crippen LogP contribution >= 0.6 is 0 Å². The molecule has 0 aliphatic heterocycles. The van der Waals surface area contributed by atoms with Gasteiger partial charge in [-0.2, -0.15) is 0 Å². The SMILES string of the molecule is C.CCC(=O)CCCCCCCC(=O)CN(CC(=O)NCCCCCCC(=O)NC)CC(=O)NCCCCCCC(=O)NC.CNC(=O)CCCCC(=O)CN(CC(=O)NCCCC(=O)NC)CC(=O)NCCCC(=O)NC.CNC(=O)CCCCCCC(=O)CN(CC(=O)NCCCCCC(=O)NC)CC(=O)NCCCCCC(=O)NC. The van der Waals surface area contributed by atoms with Crippen molar-refractivity contribution < 1.29 is 86.3 Å². The Kier molecular flexibility index (Phi) is 80.1. The molecular formula is C83H155N17O18. The van der Waals surface area contributed by atoms with Crippen molar-refractivity contribution >= 4 is 106 Å². The Morgan fingerprint density at radius 1 is 0.169 bits per heavy atom. The molecule has 0 unspecified atom stereocenters. The number of amides is 14. The van der Waals surface area contributed by atoms with E-state index in [1.165, 1.54) is 19.0 Å². The van der Waals surface area contributed by atoms with Crippen molar-refractivity contribution in [3.05, 3.63) is 0 Å². The third kappa shape index (κ3) is 79.6. The lowest BCUT2D eigenvalue weighted by Crippen LogP contribution is -2.45. The lowest BCUT2D eigenvalue weighted by atomic mass is 10.1. The van der Waals surface area contributed by atoms with Crippen LogP contribution in [0.4, 0.5) is 0 Å². The van der Waals surface area contributed by atoms with E-state index < -0.39 is 0 Å². The van der Waals surface area contributed by atoms with Crippen LogP contribution < -0.4 is 74.4 Å². The Morgan fingerprint density at radius 3 is 0.517 bits per heavy atom. The molecule has 0 aromatic rings. The Labute approximate surface area is 704 Å². The highest BCUT2D eigenvalue weighted by Gasteiger charge is 2.22. The number of nitrogens with one attached hydrogen (secondary N) is 14. The van der Waals surface area contributed by atoms with E-state index in [-0.39, 0.29) is 186 Å². The van der Waals surface area contributed by atoms with Crippen molar-refractivity contribution in [2.45, 2.75) is 271 Å². The zero-order valence-electron chi connectivity index (χ0n) is 72.6. The van der Waals surface area contributed by atoms with Gasteiger partial charge in [0.1, 0.15) is 23.1 Å². The van der Waals surface area contributed by atoms with Gasteiger partial charge in [0, 0.05) is 179 Å². The lowest BCUT2D eigenvalue weighted by molar-refractivity contribution is -0.129. The van der Waals surface area contributed by atoms with Crippen LogP contribution in [0, 0.1) is 0 Å². The first kappa shape index (κ1) is 115. The van der Waals surface area contributed by atoms with Gasteiger partial charge in [-0.05, 0) is 103 Å². The molecule has 0 aromatic carbocycles. The maximum atomic E-state index is 12.7. The molecule has 0 fully saturated rings. The van der Waals surface area contributed by atoms with E-state index in [0.717, 1.165) is 141 Å². The van der Waals surface area contributed by atoms with Crippen molar-refractivity contribution in [3.8, 4) is 0 Å². The van der Waals surface area contributed by atoms with Crippen molar-refractivity contribution in [2.24, 2.45) is 0 Å². The van der Waals surface area contributed by atoms with E-state index in [4.69, 9.17) is 0 Å². The van der Waals surface area contributed by atoms with Crippen molar-refractivity contribution in [2.75, 3.05) is 155 Å². The molecule has 14 amide bonds. The Balaban J connectivity index is -0.000000828. The van der Waals surface area contributed by atoms with Crippen LogP contribution in [0.15, 0.2) is 0 Å². The molecule has 0 atom stereocenters. The molecule has 0 heterocycles. The minimum absolute atomic E-state index is 0. The molecule has 0 rings (SSSR count). The second-order valence-electron chi connectivity index (χ2n) is 29.0. The number of ketones is 4. The number of carbonyl (C=O) groups excluding carboxylic acids is 18. The average molecular weight is 1680 g/mol. The first-order valence-corrected chi connectivity index (χ1v) is 42.6. The number of nitrogens with zero attached hydrogens (tertiary/aromatic N) is 3. The fraction of sp³-hybridized carbons (Fsp3) is 0.783. The molecule has 35 heteroatoms. The molecule has 0 bridgehead atoms. The quantitative estimate of drug-likeness (QED) is 0.0389. The van der Waals surface area contributed by atoms with Gasteiger partial charge in [0.05, 0.1) is 58.9 Å². The largest absolute Gasteiger partial charge is 0.359 e. The molecule has 35 nitrogen and oxygen atoms in total. The van der Waals surface area contributed by atoms with Gasteiger partial charge >= 0.3 is 0 Å². The highest BCUT2D eigenvalue weighted by Crippen LogP contribution is 2.12. The van der Waals surface area contributed by atoms with Gasteiger partial charge in [0.25, 0.3) is 0 Å². The van der Waals surface area contributed by atoms with Gasteiger partial charge in [-0.3, -0.25) is 101 Å². The van der Waals surface area contributed by atoms with Crippen molar-refractivity contribution in [1.82, 2.24) is 89.1 Å². The minimum Gasteiger partial charge on any atom is -0.359 e. The summed E-state index contributed by atoms with van der Waals surface area (Å²) in [5.41, 5.74) is 0. The lowest BCUT2D eigenvalue weighted by Gasteiger charge is -2.21. The van der Waals surface area contributed by atoms with Crippen LogP contribution in [-0.2, 0) is 86.3 Å². The smallest absolute Gasteiger partial charge is 0.234 e. The van der Waals surface area contributed by atoms with Gasteiger partial charge in [-0.1, -0.05) is 85.0 Å². The maximum Gasteiger partial charge on any atom is 0.234 e. The van der Waals surface area contributed by atoms with Gasteiger partial charge in [-0.15, -0.1) is 0 Å². The molecule has 0 aliphatic rings. The summed E-state index contributed by atoms with van der Waals surface area (Å²) in [6.07, 6.45) is 26.7. The summed E-state index contributed by atoms with van der Waals surface area (Å²) in [7, 11) is 12.7. The van der Waals surface area contributed by atoms with Gasteiger partial charge in [0.2, 0.25) is 82.7 Å². The normalized spacial score (nSPS) is 10.5. The first-order chi connectivity index (χ1) is 56.1. The number of hydrogen-bond acceptors (Lipinski definition) is 21. The summed E-state index contributed by atoms with van der Waals surface area (Å²) in [4.78, 5) is 219. The van der Waals surface area contributed by atoms with E-state index in [0.29, 0.717) is 141 Å². The fourth-order valence-corrected chi connectivity index (χ4v) is 11.5. The molecule has 0 spiro atoms. The summed E-state index contributed by atoms with van der Waals surface area (Å²) < 4.78 is 0. The zero-order valence-corrected chi connectivity index (χ0v) is 72.6. The number of Topliss-reactive ketones (excluding diaryl/α,β-unsaturated/α-hetero) is 4. The second kappa shape index (κ2) is 81.9. The number of carbonyl (C=O) groups is 18. The molecule has 0 radical (unpaired) electrons. The first-order valence-electron chi connectivity index (χ1n) is 42.6. The second-order valence-corrected chi connectivity index (χ2v) is 29.0. The molecule has 118 heavy (non-hydrogen) atoms. The van der Waals surface area contributed by atoms with Crippen LogP contribution in [0.5, 0.6) is 0 Å². The third-order valence-corrected chi connectivity index (χ3v) is 18.6. The molecule has 0 saturated heterocycles. The van der Waals surface area contributed by atoms with Gasteiger partial charge in [0.15, 0.2) is 0 Å². The monoisotopic (exact) mass is 1680 g/mol. The van der Waals surface area contributed by atoms with E-state index in [1.807, 2.05) is 6.92 Å². The summed E-state index contributed by atoms with van der Waals surface area (Å²) in [6, 6.07) is 0. The zero-order chi connectivity index (χ0) is 87.9. The predicted octanol–water partition coefficient (Wildman–Crippen LogP) is 3.07. The van der Waals surface area contributed by atoms with Crippen molar-refractivity contribution in [3.63, 3.8) is 0 Å². The Bertz CT molecular complexity index is 2580. The maximum absolute atomic E-state index is 12.7. The highest BCUT2D eigenvalue weighted by atomic mass is 16.2. The number of rotatable bonds is 73. The molecule has 0 aliphatic carbocycles. The molecule has 14 N–H and O–H groups in total. The molecule has 0 aromatic heterocycles. The topological polar surface area (TPSA) is 485 Å². The summed E-state index contributed by atoms with van der Waals surface area (Å²) >= 11 is 0. The van der Waals surface area contributed by atoms with Gasteiger partial charge < -0.3 is 74.4 Å². The number of hydrogen-bond donors (Lipinski definition) is 14. The van der Waals surface area contributed by atoms with Gasteiger partial charge in [-0.25, -0.2) is 0 Å². The van der Waals surface area contributed by atoms with E-state index in [1.54, 1.807) is 52.1 Å². The summed E-state index contributed by atoms with van der Waals surface area (Å²) in [5.74, 6) is -1.77. The third-order valence-electron chi connectivity index (χ3n) is 18.6. The van der Waals surface area contributed by atoms with Crippen LogP contribution in [0.3, 0.4) is 0 Å². The Morgan fingerprint density at radius 2 is 0.314 bits per heavy atom. The van der Waals surface area contributed by atoms with Crippen LogP contribution in [0.25, 0.3) is 0 Å².